The number of carbonyl (C=O) groups is 4. The molecular formula is C55H105NO6S. The molecule has 0 aliphatic rings. The van der Waals surface area contributed by atoms with Crippen LogP contribution in [0.5, 0.6) is 0 Å². The number of rotatable bonds is 51. The summed E-state index contributed by atoms with van der Waals surface area (Å²) in [5.74, 6) is 0.116. The number of hydrogen-bond donors (Lipinski definition) is 1. The number of carbonyl (C=O) groups excluding carboxylic acids is 4. The van der Waals surface area contributed by atoms with Gasteiger partial charge in [0.25, 0.3) is 0 Å². The van der Waals surface area contributed by atoms with Crippen LogP contribution in [0.4, 0.5) is 0 Å². The van der Waals surface area contributed by atoms with E-state index in [0.29, 0.717) is 30.8 Å². The van der Waals surface area contributed by atoms with E-state index < -0.39 is 12.1 Å². The van der Waals surface area contributed by atoms with Gasteiger partial charge in [-0.3, -0.25) is 19.2 Å². The minimum absolute atomic E-state index is 0.0186. The van der Waals surface area contributed by atoms with Crippen LogP contribution < -0.4 is 5.32 Å². The molecule has 7 nitrogen and oxygen atoms in total. The van der Waals surface area contributed by atoms with E-state index in [-0.39, 0.29) is 30.2 Å². The fraction of sp³-hybridized carbons (Fsp3) is 0.927. The van der Waals surface area contributed by atoms with Crippen molar-refractivity contribution in [3.8, 4) is 0 Å². The molecule has 0 aliphatic carbocycles. The fourth-order valence-corrected chi connectivity index (χ4v) is 9.46. The number of ketones is 1. The molecule has 372 valence electrons. The molecule has 0 saturated carbocycles. The van der Waals surface area contributed by atoms with Crippen LogP contribution in [-0.4, -0.2) is 53.9 Å². The number of nitrogens with one attached hydrogen (secondary N) is 1. The highest BCUT2D eigenvalue weighted by Crippen LogP contribution is 2.18. The van der Waals surface area contributed by atoms with Crippen LogP contribution in [0.1, 0.15) is 297 Å². The van der Waals surface area contributed by atoms with Crippen molar-refractivity contribution in [1.82, 2.24) is 5.32 Å². The molecule has 0 aliphatic heterocycles. The Hall–Kier alpha value is -1.57. The van der Waals surface area contributed by atoms with E-state index in [1.54, 1.807) is 0 Å². The normalized spacial score (nSPS) is 12.3. The van der Waals surface area contributed by atoms with Gasteiger partial charge in [0, 0.05) is 30.8 Å². The number of esters is 2. The average molecular weight is 909 g/mol. The Balaban J connectivity index is 4.59. The fourth-order valence-electron chi connectivity index (χ4n) is 8.34. The number of thioether (sulfide) groups is 1. The summed E-state index contributed by atoms with van der Waals surface area (Å²) in [5.41, 5.74) is 0. The largest absolute Gasteiger partial charge is 0.462 e. The number of hydrogen-bond acceptors (Lipinski definition) is 7. The molecular weight excluding hydrogens is 803 g/mol. The van der Waals surface area contributed by atoms with Crippen LogP contribution in [0.25, 0.3) is 0 Å². The van der Waals surface area contributed by atoms with E-state index in [4.69, 9.17) is 9.47 Å². The minimum Gasteiger partial charge on any atom is -0.462 e. The van der Waals surface area contributed by atoms with Gasteiger partial charge >= 0.3 is 11.9 Å². The summed E-state index contributed by atoms with van der Waals surface area (Å²) in [5, 5.41) is 2.95. The SMILES string of the molecule is CCCCCCCCCCCCCCCC(=O)NC(CSCC(COC(=O)CCCCCCCCCCCCCCC)OC(=O)CCCCCCCCCCCCCCC)C(C)=O. The first-order valence-corrected chi connectivity index (χ1v) is 28.7. The van der Waals surface area contributed by atoms with Crippen LogP contribution in [0.3, 0.4) is 0 Å². The summed E-state index contributed by atoms with van der Waals surface area (Å²) in [4.78, 5) is 51.0. The van der Waals surface area contributed by atoms with E-state index in [2.05, 4.69) is 26.1 Å². The molecule has 1 amide bonds. The third-order valence-electron chi connectivity index (χ3n) is 12.6. The van der Waals surface area contributed by atoms with Crippen LogP contribution >= 0.6 is 11.8 Å². The van der Waals surface area contributed by atoms with E-state index in [1.807, 2.05) is 0 Å². The monoisotopic (exact) mass is 908 g/mol. The van der Waals surface area contributed by atoms with Crippen LogP contribution in [0.2, 0.25) is 0 Å². The van der Waals surface area contributed by atoms with Crippen molar-refractivity contribution >= 4 is 35.4 Å². The third kappa shape index (κ3) is 46.8. The van der Waals surface area contributed by atoms with Gasteiger partial charge in [-0.25, -0.2) is 0 Å². The summed E-state index contributed by atoms with van der Waals surface area (Å²) < 4.78 is 11.5. The molecule has 0 aromatic carbocycles. The maximum Gasteiger partial charge on any atom is 0.306 e. The van der Waals surface area contributed by atoms with Gasteiger partial charge in [0.05, 0.1) is 6.04 Å². The molecule has 0 rings (SSSR count). The van der Waals surface area contributed by atoms with E-state index in [9.17, 15) is 19.2 Å². The molecule has 0 aromatic heterocycles. The van der Waals surface area contributed by atoms with Gasteiger partial charge < -0.3 is 14.8 Å². The first-order chi connectivity index (χ1) is 30.8. The Morgan fingerprint density at radius 3 is 1.03 bits per heavy atom. The maximum absolute atomic E-state index is 12.9. The zero-order valence-electron chi connectivity index (χ0n) is 42.3. The summed E-state index contributed by atoms with van der Waals surface area (Å²) in [7, 11) is 0. The standard InChI is InChI=1S/C55H105NO6S/c1-5-8-11-14-17-20-23-26-29-32-35-38-41-44-53(58)56-52(50(4)57)49-63-48-51(62-55(60)46-43-40-37-34-31-28-25-22-19-16-13-10-7-3)47-61-54(59)45-42-39-36-33-30-27-24-21-18-15-12-9-6-2/h51-52H,5-49H2,1-4H3,(H,56,58). The van der Waals surface area contributed by atoms with Gasteiger partial charge in [0.2, 0.25) is 5.91 Å². The van der Waals surface area contributed by atoms with Crippen LogP contribution in [0.15, 0.2) is 0 Å². The molecule has 8 heteroatoms. The van der Waals surface area contributed by atoms with Crippen molar-refractivity contribution < 1.29 is 28.7 Å². The van der Waals surface area contributed by atoms with Gasteiger partial charge in [-0.2, -0.15) is 11.8 Å². The number of amides is 1. The predicted octanol–water partition coefficient (Wildman–Crippen LogP) is 16.7. The first kappa shape index (κ1) is 61.4. The predicted molar refractivity (Wildman–Crippen MR) is 272 cm³/mol. The van der Waals surface area contributed by atoms with Crippen molar-refractivity contribution in [3.63, 3.8) is 0 Å². The second kappa shape index (κ2) is 49.9. The Kier molecular flexibility index (Phi) is 48.6. The highest BCUT2D eigenvalue weighted by Gasteiger charge is 2.21. The van der Waals surface area contributed by atoms with Crippen molar-refractivity contribution in [3.05, 3.63) is 0 Å². The Bertz CT molecular complexity index is 1020. The third-order valence-corrected chi connectivity index (χ3v) is 13.8. The molecule has 0 heterocycles. The Morgan fingerprint density at radius 1 is 0.397 bits per heavy atom. The second-order valence-corrected chi connectivity index (χ2v) is 20.1. The van der Waals surface area contributed by atoms with Gasteiger partial charge in [0.15, 0.2) is 5.78 Å². The molecule has 2 atom stereocenters. The van der Waals surface area contributed by atoms with Gasteiger partial charge in [-0.15, -0.1) is 0 Å². The summed E-state index contributed by atoms with van der Waals surface area (Å²) in [6, 6.07) is -0.593. The van der Waals surface area contributed by atoms with E-state index in [1.165, 1.54) is 211 Å². The summed E-state index contributed by atoms with van der Waals surface area (Å²) >= 11 is 1.46. The lowest BCUT2D eigenvalue weighted by atomic mass is 10.0. The van der Waals surface area contributed by atoms with Crippen molar-refractivity contribution in [2.24, 2.45) is 0 Å². The quantitative estimate of drug-likeness (QED) is 0.0479. The molecule has 0 radical (unpaired) electrons. The lowest BCUT2D eigenvalue weighted by molar-refractivity contribution is -0.157. The highest BCUT2D eigenvalue weighted by atomic mass is 32.2. The Morgan fingerprint density at radius 2 is 0.698 bits per heavy atom. The average Bonchev–Trinajstić information content (AvgIpc) is 3.27. The van der Waals surface area contributed by atoms with Gasteiger partial charge in [0.1, 0.15) is 12.7 Å². The molecule has 63 heavy (non-hydrogen) atoms. The van der Waals surface area contributed by atoms with Crippen LogP contribution in [-0.2, 0) is 28.7 Å². The number of Topliss-reactive ketones (excluding diaryl/α,β-unsaturated/α-hetero) is 1. The van der Waals surface area contributed by atoms with Crippen molar-refractivity contribution in [2.75, 3.05) is 18.1 Å². The second-order valence-electron chi connectivity index (χ2n) is 19.0. The highest BCUT2D eigenvalue weighted by molar-refractivity contribution is 7.99. The summed E-state index contributed by atoms with van der Waals surface area (Å²) in [6.07, 6.45) is 49.4. The van der Waals surface area contributed by atoms with Crippen molar-refractivity contribution in [1.29, 1.82) is 0 Å². The zero-order chi connectivity index (χ0) is 46.1. The van der Waals surface area contributed by atoms with E-state index in [0.717, 1.165) is 57.8 Å². The minimum atomic E-state index is -0.593. The lowest BCUT2D eigenvalue weighted by Crippen LogP contribution is -2.42. The molecule has 0 bridgehead atoms. The Labute approximate surface area is 395 Å². The van der Waals surface area contributed by atoms with Crippen LogP contribution in [0, 0.1) is 0 Å². The zero-order valence-corrected chi connectivity index (χ0v) is 43.1. The van der Waals surface area contributed by atoms with Crippen molar-refractivity contribution in [2.45, 2.75) is 310 Å². The van der Waals surface area contributed by atoms with Gasteiger partial charge in [-0.05, 0) is 26.2 Å². The molecule has 0 aromatic rings. The molecule has 0 spiro atoms. The molecule has 0 fully saturated rings. The van der Waals surface area contributed by atoms with E-state index >= 15 is 0 Å². The molecule has 1 N–H and O–H groups in total. The summed E-state index contributed by atoms with van der Waals surface area (Å²) in [6.45, 7) is 8.33. The smallest absolute Gasteiger partial charge is 0.306 e. The van der Waals surface area contributed by atoms with Gasteiger partial charge in [-0.1, -0.05) is 252 Å². The number of unbranched alkanes of at least 4 members (excludes halogenated alkanes) is 36. The first-order valence-electron chi connectivity index (χ1n) is 27.6. The lowest BCUT2D eigenvalue weighted by Gasteiger charge is -2.20. The number of ether oxygens (including phenoxy) is 2. The molecule has 2 unspecified atom stereocenters. The topological polar surface area (TPSA) is 98.8 Å². The molecule has 0 saturated heterocycles. The maximum atomic E-state index is 12.9.